The molecule has 1 saturated heterocycles. The smallest absolute Gasteiger partial charge is 0.335 e. The number of hydrogen-bond acceptors (Lipinski definition) is 5. The molecule has 104 valence electrons. The van der Waals surface area contributed by atoms with Gasteiger partial charge in [-0.25, -0.2) is 4.79 Å². The molecule has 1 fully saturated rings. The van der Waals surface area contributed by atoms with Crippen LogP contribution < -0.4 is 0 Å². The predicted molar refractivity (Wildman–Crippen MR) is 67.3 cm³/mol. The molecule has 0 unspecified atom stereocenters. The lowest BCUT2D eigenvalue weighted by atomic mass is 10.2. The summed E-state index contributed by atoms with van der Waals surface area (Å²) in [6.45, 7) is 0.989. The first-order chi connectivity index (χ1) is 9.29. The third-order valence-electron chi connectivity index (χ3n) is 2.83. The van der Waals surface area contributed by atoms with E-state index in [0.717, 1.165) is 5.56 Å². The Balaban J connectivity index is 1.68. The van der Waals surface area contributed by atoms with Crippen molar-refractivity contribution in [2.24, 2.45) is 0 Å². The molecule has 0 saturated carbocycles. The minimum atomic E-state index is -0.537. The fraction of sp³-hybridized carbons (Fsp3) is 0.500. The van der Waals surface area contributed by atoms with Crippen LogP contribution in [-0.2, 0) is 30.3 Å². The number of carbonyl (C=O) groups is 1. The van der Waals surface area contributed by atoms with Crippen molar-refractivity contribution in [3.05, 3.63) is 35.9 Å². The topological polar surface area (TPSA) is 54.0 Å². The molecule has 0 N–H and O–H groups in total. The van der Waals surface area contributed by atoms with Gasteiger partial charge >= 0.3 is 5.97 Å². The van der Waals surface area contributed by atoms with Gasteiger partial charge in [0, 0.05) is 13.5 Å². The molecule has 0 radical (unpaired) electrons. The first-order valence-electron chi connectivity index (χ1n) is 6.22. The van der Waals surface area contributed by atoms with Crippen molar-refractivity contribution < 1.29 is 23.7 Å². The molecule has 2 atom stereocenters. The maximum Gasteiger partial charge on any atom is 0.335 e. The summed E-state index contributed by atoms with van der Waals surface area (Å²) in [6, 6.07) is 9.86. The van der Waals surface area contributed by atoms with E-state index in [9.17, 15) is 4.79 Å². The minimum Gasteiger partial charge on any atom is -0.458 e. The van der Waals surface area contributed by atoms with E-state index in [4.69, 9.17) is 18.9 Å². The summed E-state index contributed by atoms with van der Waals surface area (Å²) < 4.78 is 20.7. The summed E-state index contributed by atoms with van der Waals surface area (Å²) >= 11 is 0. The van der Waals surface area contributed by atoms with Crippen molar-refractivity contribution in [2.75, 3.05) is 20.5 Å². The molecule has 19 heavy (non-hydrogen) atoms. The second kappa shape index (κ2) is 7.23. The number of methoxy groups -OCH3 is 1. The zero-order valence-electron chi connectivity index (χ0n) is 10.9. The third-order valence-corrected chi connectivity index (χ3v) is 2.83. The molecule has 1 aliphatic heterocycles. The standard InChI is InChI=1S/C14H18O5/c1-16-10-18-13-7-12(19-14(13)15)9-17-8-11-5-3-2-4-6-11/h2-6,12-13H,7-10H2,1H3/t12-,13-/m0/s1. The number of cyclic esters (lactones) is 1. The van der Waals surface area contributed by atoms with Crippen molar-refractivity contribution in [1.29, 1.82) is 0 Å². The Hall–Kier alpha value is -1.43. The molecule has 0 amide bonds. The third kappa shape index (κ3) is 4.31. The highest BCUT2D eigenvalue weighted by molar-refractivity contribution is 5.76. The van der Waals surface area contributed by atoms with Gasteiger partial charge in [-0.1, -0.05) is 30.3 Å². The van der Waals surface area contributed by atoms with Crippen LogP contribution in [0.2, 0.25) is 0 Å². The lowest BCUT2D eigenvalue weighted by Crippen LogP contribution is -2.19. The zero-order chi connectivity index (χ0) is 13.5. The zero-order valence-corrected chi connectivity index (χ0v) is 10.9. The van der Waals surface area contributed by atoms with Gasteiger partial charge in [-0.3, -0.25) is 0 Å². The van der Waals surface area contributed by atoms with Crippen LogP contribution in [0.3, 0.4) is 0 Å². The summed E-state index contributed by atoms with van der Waals surface area (Å²) in [4.78, 5) is 11.5. The highest BCUT2D eigenvalue weighted by Crippen LogP contribution is 2.18. The molecule has 0 bridgehead atoms. The van der Waals surface area contributed by atoms with Gasteiger partial charge in [0.15, 0.2) is 6.10 Å². The van der Waals surface area contributed by atoms with Crippen LogP contribution >= 0.6 is 0 Å². The average Bonchev–Trinajstić information content (AvgIpc) is 2.78. The van der Waals surface area contributed by atoms with Crippen LogP contribution in [0, 0.1) is 0 Å². The monoisotopic (exact) mass is 266 g/mol. The van der Waals surface area contributed by atoms with E-state index in [2.05, 4.69) is 0 Å². The summed E-state index contributed by atoms with van der Waals surface area (Å²) in [5.74, 6) is -0.342. The van der Waals surface area contributed by atoms with Gasteiger partial charge in [0.2, 0.25) is 0 Å². The molecule has 1 heterocycles. The molecule has 1 aromatic rings. The van der Waals surface area contributed by atoms with E-state index in [0.29, 0.717) is 19.6 Å². The number of carbonyl (C=O) groups excluding carboxylic acids is 1. The van der Waals surface area contributed by atoms with Gasteiger partial charge in [0.05, 0.1) is 13.2 Å². The van der Waals surface area contributed by atoms with Crippen molar-refractivity contribution in [3.8, 4) is 0 Å². The molecule has 5 heteroatoms. The summed E-state index contributed by atoms with van der Waals surface area (Å²) in [6.07, 6.45) is -0.264. The van der Waals surface area contributed by atoms with E-state index < -0.39 is 6.10 Å². The normalized spacial score (nSPS) is 22.5. The Morgan fingerprint density at radius 3 is 2.84 bits per heavy atom. The average molecular weight is 266 g/mol. The molecule has 2 rings (SSSR count). The van der Waals surface area contributed by atoms with Crippen LogP contribution in [-0.4, -0.2) is 38.7 Å². The SMILES string of the molecule is COCO[C@H]1C[C@@H](COCc2ccccc2)OC1=O. The van der Waals surface area contributed by atoms with Crippen LogP contribution in [0.5, 0.6) is 0 Å². The summed E-state index contributed by atoms with van der Waals surface area (Å²) in [5.41, 5.74) is 1.10. The highest BCUT2D eigenvalue weighted by Gasteiger charge is 2.35. The van der Waals surface area contributed by atoms with E-state index in [-0.39, 0.29) is 18.9 Å². The van der Waals surface area contributed by atoms with Gasteiger partial charge in [-0.2, -0.15) is 0 Å². The van der Waals surface area contributed by atoms with E-state index >= 15 is 0 Å². The summed E-state index contributed by atoms with van der Waals surface area (Å²) in [5, 5.41) is 0. The van der Waals surface area contributed by atoms with E-state index in [1.165, 1.54) is 7.11 Å². The Bertz CT molecular complexity index is 392. The molecule has 0 spiro atoms. The number of rotatable bonds is 7. The Kier molecular flexibility index (Phi) is 5.32. The number of hydrogen-bond donors (Lipinski definition) is 0. The first kappa shape index (κ1) is 14.0. The van der Waals surface area contributed by atoms with E-state index in [1.54, 1.807) is 0 Å². The van der Waals surface area contributed by atoms with Crippen molar-refractivity contribution >= 4 is 5.97 Å². The van der Waals surface area contributed by atoms with Gasteiger partial charge in [-0.15, -0.1) is 0 Å². The predicted octanol–water partition coefficient (Wildman–Crippen LogP) is 1.51. The molecular weight excluding hydrogens is 248 g/mol. The van der Waals surface area contributed by atoms with E-state index in [1.807, 2.05) is 30.3 Å². The van der Waals surface area contributed by atoms with Crippen LogP contribution in [0.4, 0.5) is 0 Å². The molecule has 0 aliphatic carbocycles. The first-order valence-corrected chi connectivity index (χ1v) is 6.22. The van der Waals surface area contributed by atoms with Gasteiger partial charge in [-0.05, 0) is 5.56 Å². The lowest BCUT2D eigenvalue weighted by molar-refractivity contribution is -0.156. The number of ether oxygens (including phenoxy) is 4. The number of esters is 1. The minimum absolute atomic E-state index is 0.0946. The van der Waals surface area contributed by atoms with Crippen molar-refractivity contribution in [2.45, 2.75) is 25.2 Å². The van der Waals surface area contributed by atoms with Gasteiger partial charge in [0.25, 0.3) is 0 Å². The maximum absolute atomic E-state index is 11.5. The second-order valence-electron chi connectivity index (χ2n) is 4.36. The van der Waals surface area contributed by atoms with Crippen LogP contribution in [0.1, 0.15) is 12.0 Å². The fourth-order valence-corrected chi connectivity index (χ4v) is 1.89. The molecule has 1 aliphatic rings. The van der Waals surface area contributed by atoms with Crippen LogP contribution in [0.25, 0.3) is 0 Å². The summed E-state index contributed by atoms with van der Waals surface area (Å²) in [7, 11) is 1.51. The fourth-order valence-electron chi connectivity index (χ4n) is 1.89. The largest absolute Gasteiger partial charge is 0.458 e. The molecule has 0 aromatic heterocycles. The lowest BCUT2D eigenvalue weighted by Gasteiger charge is -2.09. The Labute approximate surface area is 112 Å². The molecular formula is C14H18O5. The van der Waals surface area contributed by atoms with Gasteiger partial charge < -0.3 is 18.9 Å². The second-order valence-corrected chi connectivity index (χ2v) is 4.36. The van der Waals surface area contributed by atoms with Crippen molar-refractivity contribution in [1.82, 2.24) is 0 Å². The Morgan fingerprint density at radius 2 is 2.11 bits per heavy atom. The Morgan fingerprint density at radius 1 is 1.32 bits per heavy atom. The molecule has 5 nitrogen and oxygen atoms in total. The van der Waals surface area contributed by atoms with Crippen LogP contribution in [0.15, 0.2) is 30.3 Å². The highest BCUT2D eigenvalue weighted by atomic mass is 16.7. The van der Waals surface area contributed by atoms with Gasteiger partial charge in [0.1, 0.15) is 12.9 Å². The maximum atomic E-state index is 11.5. The quantitative estimate of drug-likeness (QED) is 0.553. The van der Waals surface area contributed by atoms with Crippen molar-refractivity contribution in [3.63, 3.8) is 0 Å². The number of benzene rings is 1. The molecule has 1 aromatic carbocycles.